The second kappa shape index (κ2) is 4.21. The van der Waals surface area contributed by atoms with Gasteiger partial charge in [-0.25, -0.2) is 4.98 Å². The van der Waals surface area contributed by atoms with E-state index in [-0.39, 0.29) is 11.4 Å². The molecule has 4 N–H and O–H groups in total. The number of hydrogen-bond donors (Lipinski definition) is 2. The lowest BCUT2D eigenvalue weighted by Crippen LogP contribution is -2.14. The van der Waals surface area contributed by atoms with Crippen molar-refractivity contribution < 1.29 is 4.79 Å². The Balaban J connectivity index is 2.52. The molecule has 0 fully saturated rings. The Morgan fingerprint density at radius 2 is 2.06 bits per heavy atom. The zero-order chi connectivity index (χ0) is 12.4. The van der Waals surface area contributed by atoms with E-state index < -0.39 is 5.91 Å². The standard InChI is InChI=1S/C12H12N4O/c1-7-3-2-6-15-10(7)9-5-4-8(12(14)17)11(13)16-9/h2-6H,1H3,(H2,13,16)(H2,14,17). The molecule has 2 heterocycles. The molecule has 2 aromatic heterocycles. The first-order chi connectivity index (χ1) is 8.09. The van der Waals surface area contributed by atoms with E-state index in [1.54, 1.807) is 18.3 Å². The maximum atomic E-state index is 11.0. The van der Waals surface area contributed by atoms with Gasteiger partial charge in [-0.05, 0) is 30.7 Å². The van der Waals surface area contributed by atoms with E-state index >= 15 is 0 Å². The quantitative estimate of drug-likeness (QED) is 0.805. The molecule has 0 bridgehead atoms. The van der Waals surface area contributed by atoms with Crippen LogP contribution in [-0.4, -0.2) is 15.9 Å². The summed E-state index contributed by atoms with van der Waals surface area (Å²) >= 11 is 0. The zero-order valence-corrected chi connectivity index (χ0v) is 9.34. The summed E-state index contributed by atoms with van der Waals surface area (Å²) in [5.74, 6) is -0.459. The Morgan fingerprint density at radius 3 is 2.65 bits per heavy atom. The monoisotopic (exact) mass is 228 g/mol. The van der Waals surface area contributed by atoms with Crippen molar-refractivity contribution in [1.82, 2.24) is 9.97 Å². The largest absolute Gasteiger partial charge is 0.383 e. The van der Waals surface area contributed by atoms with Crippen molar-refractivity contribution in [1.29, 1.82) is 0 Å². The minimum Gasteiger partial charge on any atom is -0.383 e. The number of carbonyl (C=O) groups is 1. The molecule has 86 valence electrons. The average molecular weight is 228 g/mol. The van der Waals surface area contributed by atoms with Crippen molar-refractivity contribution in [2.24, 2.45) is 5.73 Å². The third kappa shape index (κ3) is 2.08. The maximum Gasteiger partial charge on any atom is 0.252 e. The van der Waals surface area contributed by atoms with E-state index in [1.165, 1.54) is 0 Å². The van der Waals surface area contributed by atoms with Crippen LogP contribution in [0.25, 0.3) is 11.4 Å². The number of hydrogen-bond acceptors (Lipinski definition) is 4. The molecule has 0 atom stereocenters. The molecule has 0 radical (unpaired) electrons. The Morgan fingerprint density at radius 1 is 1.29 bits per heavy atom. The maximum absolute atomic E-state index is 11.0. The fourth-order valence-corrected chi connectivity index (χ4v) is 1.57. The Labute approximate surface area is 98.5 Å². The van der Waals surface area contributed by atoms with Gasteiger partial charge < -0.3 is 11.5 Å². The number of aryl methyl sites for hydroxylation is 1. The fourth-order valence-electron chi connectivity index (χ4n) is 1.57. The van der Waals surface area contributed by atoms with Crippen LogP contribution >= 0.6 is 0 Å². The highest BCUT2D eigenvalue weighted by molar-refractivity contribution is 5.97. The number of carbonyl (C=O) groups excluding carboxylic acids is 1. The summed E-state index contributed by atoms with van der Waals surface area (Å²) in [6, 6.07) is 7.03. The van der Waals surface area contributed by atoms with Crippen LogP contribution in [0.15, 0.2) is 30.5 Å². The van der Waals surface area contributed by atoms with Crippen LogP contribution in [0.5, 0.6) is 0 Å². The Bertz CT molecular complexity index is 580. The van der Waals surface area contributed by atoms with Gasteiger partial charge in [0.05, 0.1) is 17.0 Å². The molecule has 0 aliphatic heterocycles. The van der Waals surface area contributed by atoms with Crippen LogP contribution in [0.1, 0.15) is 15.9 Å². The Hall–Kier alpha value is -2.43. The summed E-state index contributed by atoms with van der Waals surface area (Å²) in [6.07, 6.45) is 1.68. The second-order valence-electron chi connectivity index (χ2n) is 3.66. The minimum atomic E-state index is -0.584. The van der Waals surface area contributed by atoms with E-state index in [4.69, 9.17) is 11.5 Å². The van der Waals surface area contributed by atoms with Crippen molar-refractivity contribution >= 4 is 11.7 Å². The predicted octanol–water partition coefficient (Wildman–Crippen LogP) is 1.13. The van der Waals surface area contributed by atoms with Gasteiger partial charge in [-0.15, -0.1) is 0 Å². The van der Waals surface area contributed by atoms with E-state index in [0.717, 1.165) is 11.3 Å². The minimum absolute atomic E-state index is 0.125. The number of aromatic nitrogens is 2. The second-order valence-corrected chi connectivity index (χ2v) is 3.66. The molecule has 5 nitrogen and oxygen atoms in total. The van der Waals surface area contributed by atoms with Gasteiger partial charge in [-0.2, -0.15) is 0 Å². The molecule has 17 heavy (non-hydrogen) atoms. The SMILES string of the molecule is Cc1cccnc1-c1ccc(C(N)=O)c(N)n1. The van der Waals surface area contributed by atoms with Crippen molar-refractivity contribution in [2.75, 3.05) is 5.73 Å². The molecule has 5 heteroatoms. The Kier molecular flexibility index (Phi) is 2.74. The zero-order valence-electron chi connectivity index (χ0n) is 9.34. The van der Waals surface area contributed by atoms with Crippen molar-refractivity contribution in [3.8, 4) is 11.4 Å². The topological polar surface area (TPSA) is 94.9 Å². The van der Waals surface area contributed by atoms with E-state index in [2.05, 4.69) is 9.97 Å². The number of anilines is 1. The molecule has 0 saturated heterocycles. The summed E-state index contributed by atoms with van der Waals surface area (Å²) in [4.78, 5) is 19.4. The van der Waals surface area contributed by atoms with Gasteiger partial charge in [0.2, 0.25) is 0 Å². The third-order valence-electron chi connectivity index (χ3n) is 2.44. The molecule has 0 aromatic carbocycles. The number of nitrogens with zero attached hydrogens (tertiary/aromatic N) is 2. The van der Waals surface area contributed by atoms with Crippen molar-refractivity contribution in [2.45, 2.75) is 6.92 Å². The number of pyridine rings is 2. The fraction of sp³-hybridized carbons (Fsp3) is 0.0833. The van der Waals surface area contributed by atoms with Gasteiger partial charge >= 0.3 is 0 Å². The molecule has 0 aliphatic rings. The van der Waals surface area contributed by atoms with Gasteiger partial charge in [0.25, 0.3) is 5.91 Å². The molecular formula is C12H12N4O. The van der Waals surface area contributed by atoms with Gasteiger partial charge in [0.15, 0.2) is 0 Å². The van der Waals surface area contributed by atoms with Crippen molar-refractivity contribution in [3.05, 3.63) is 41.6 Å². The van der Waals surface area contributed by atoms with E-state index in [1.807, 2.05) is 19.1 Å². The first kappa shape index (κ1) is 11.1. The number of nitrogen functional groups attached to an aromatic ring is 1. The summed E-state index contributed by atoms with van der Waals surface area (Å²) in [6.45, 7) is 1.93. The highest BCUT2D eigenvalue weighted by Gasteiger charge is 2.10. The number of rotatable bonds is 2. The molecule has 0 aliphatic carbocycles. The number of nitrogens with two attached hydrogens (primary N) is 2. The molecule has 2 rings (SSSR count). The van der Waals surface area contributed by atoms with Crippen LogP contribution in [0.3, 0.4) is 0 Å². The van der Waals surface area contributed by atoms with Crippen molar-refractivity contribution in [3.63, 3.8) is 0 Å². The van der Waals surface area contributed by atoms with E-state index in [9.17, 15) is 4.79 Å². The highest BCUT2D eigenvalue weighted by Crippen LogP contribution is 2.20. The highest BCUT2D eigenvalue weighted by atomic mass is 16.1. The lowest BCUT2D eigenvalue weighted by atomic mass is 10.1. The molecule has 0 unspecified atom stereocenters. The predicted molar refractivity (Wildman–Crippen MR) is 65.1 cm³/mol. The molecule has 1 amide bonds. The van der Waals surface area contributed by atoms with Crippen LogP contribution in [0.2, 0.25) is 0 Å². The van der Waals surface area contributed by atoms with Gasteiger partial charge in [-0.1, -0.05) is 6.07 Å². The van der Waals surface area contributed by atoms with Crippen LogP contribution < -0.4 is 11.5 Å². The number of amides is 1. The number of primary amides is 1. The summed E-state index contributed by atoms with van der Waals surface area (Å²) in [5.41, 5.74) is 13.4. The molecular weight excluding hydrogens is 216 g/mol. The van der Waals surface area contributed by atoms with Gasteiger partial charge in [-0.3, -0.25) is 9.78 Å². The smallest absolute Gasteiger partial charge is 0.252 e. The first-order valence-corrected chi connectivity index (χ1v) is 5.08. The lowest BCUT2D eigenvalue weighted by molar-refractivity contribution is 0.100. The summed E-state index contributed by atoms with van der Waals surface area (Å²) in [7, 11) is 0. The summed E-state index contributed by atoms with van der Waals surface area (Å²) in [5, 5.41) is 0. The molecule has 0 spiro atoms. The third-order valence-corrected chi connectivity index (χ3v) is 2.44. The normalized spacial score (nSPS) is 10.2. The molecule has 0 saturated carbocycles. The van der Waals surface area contributed by atoms with Crippen LogP contribution in [0.4, 0.5) is 5.82 Å². The van der Waals surface area contributed by atoms with Crippen LogP contribution in [-0.2, 0) is 0 Å². The van der Waals surface area contributed by atoms with E-state index in [0.29, 0.717) is 5.69 Å². The lowest BCUT2D eigenvalue weighted by Gasteiger charge is -2.06. The van der Waals surface area contributed by atoms with Gasteiger partial charge in [0, 0.05) is 6.20 Å². The summed E-state index contributed by atoms with van der Waals surface area (Å²) < 4.78 is 0. The van der Waals surface area contributed by atoms with Gasteiger partial charge in [0.1, 0.15) is 5.82 Å². The van der Waals surface area contributed by atoms with Crippen LogP contribution in [0, 0.1) is 6.92 Å². The average Bonchev–Trinajstić information content (AvgIpc) is 2.29. The molecule has 2 aromatic rings. The first-order valence-electron chi connectivity index (χ1n) is 5.08.